The molecule has 0 radical (unpaired) electrons. The Bertz CT molecular complexity index is 1330. The van der Waals surface area contributed by atoms with Gasteiger partial charge in [0.1, 0.15) is 19.3 Å². The second-order valence-corrected chi connectivity index (χ2v) is 23.6. The number of likely N-dealkylation sites (N-methyl/N-ethyl adjacent to an activating group) is 1. The van der Waals surface area contributed by atoms with E-state index in [-0.39, 0.29) is 24.9 Å². The fourth-order valence-corrected chi connectivity index (χ4v) is 9.71. The van der Waals surface area contributed by atoms with E-state index in [1.807, 2.05) is 33.3 Å². The molecule has 1 amide bonds. The zero-order chi connectivity index (χ0) is 52.9. The van der Waals surface area contributed by atoms with E-state index in [4.69, 9.17) is 13.8 Å². The highest BCUT2D eigenvalue weighted by Gasteiger charge is 2.27. The van der Waals surface area contributed by atoms with Gasteiger partial charge in [-0.3, -0.25) is 14.2 Å². The molecule has 0 heterocycles. The molecule has 1 N–H and O–H groups in total. The lowest BCUT2D eigenvalue weighted by atomic mass is 10.0. The molecule has 0 aromatic heterocycles. The number of nitrogens with one attached hydrogen (secondary N) is 1. The molecule has 10 heteroatoms. The second-order valence-electron chi connectivity index (χ2n) is 22.2. The molecule has 0 aliphatic heterocycles. The lowest BCUT2D eigenvalue weighted by molar-refractivity contribution is -0.870. The number of allylic oxidation sites excluding steroid dienone is 5. The number of phosphoric acid groups is 1. The minimum atomic E-state index is -4.70. The summed E-state index contributed by atoms with van der Waals surface area (Å²) in [7, 11) is 1.18. The zero-order valence-electron chi connectivity index (χ0n) is 48.4. The number of quaternary nitrogens is 1. The van der Waals surface area contributed by atoms with E-state index in [0.717, 1.165) is 64.2 Å². The molecule has 0 aliphatic rings. The number of phosphoric ester groups is 1. The quantitative estimate of drug-likeness (QED) is 0.0212. The van der Waals surface area contributed by atoms with Gasteiger partial charge < -0.3 is 28.5 Å². The van der Waals surface area contributed by atoms with E-state index >= 15 is 0 Å². The maximum absolute atomic E-state index is 13.5. The summed E-state index contributed by atoms with van der Waals surface area (Å²) in [6.45, 7) is 6.85. The highest BCUT2D eigenvalue weighted by atomic mass is 31.2. The molecule has 3 atom stereocenters. The van der Waals surface area contributed by atoms with Crippen LogP contribution in [-0.2, 0) is 27.9 Å². The van der Waals surface area contributed by atoms with Crippen molar-refractivity contribution in [2.75, 3.05) is 40.9 Å². The van der Waals surface area contributed by atoms with Crippen LogP contribution < -0.4 is 10.2 Å². The zero-order valence-corrected chi connectivity index (χ0v) is 49.3. The van der Waals surface area contributed by atoms with Crippen molar-refractivity contribution in [2.45, 2.75) is 309 Å². The summed E-state index contributed by atoms with van der Waals surface area (Å²) < 4.78 is 30.3. The van der Waals surface area contributed by atoms with Crippen molar-refractivity contribution in [3.05, 3.63) is 36.5 Å². The first-order chi connectivity index (χ1) is 34.9. The van der Waals surface area contributed by atoms with Gasteiger partial charge in [0.15, 0.2) is 0 Å². The van der Waals surface area contributed by atoms with Gasteiger partial charge in [0.05, 0.1) is 33.8 Å². The van der Waals surface area contributed by atoms with Crippen molar-refractivity contribution >= 4 is 19.7 Å². The first-order valence-electron chi connectivity index (χ1n) is 30.8. The Labute approximate surface area is 446 Å². The Morgan fingerprint density at radius 3 is 1.19 bits per heavy atom. The number of carbonyl (C=O) groups is 2. The number of hydrogen-bond donors (Lipinski definition) is 1. The Balaban J connectivity index is 5.29. The fourth-order valence-electron chi connectivity index (χ4n) is 8.98. The van der Waals surface area contributed by atoms with Crippen LogP contribution in [0.15, 0.2) is 36.5 Å². The molecule has 0 rings (SSSR count). The number of hydrogen-bond acceptors (Lipinski definition) is 7. The molecule has 9 nitrogen and oxygen atoms in total. The number of ether oxygens (including phenoxy) is 1. The summed E-state index contributed by atoms with van der Waals surface area (Å²) in [6, 6.07) is -0.892. The van der Waals surface area contributed by atoms with Gasteiger partial charge in [-0.15, -0.1) is 0 Å². The lowest BCUT2D eigenvalue weighted by Gasteiger charge is -2.30. The van der Waals surface area contributed by atoms with Crippen molar-refractivity contribution in [3.63, 3.8) is 0 Å². The van der Waals surface area contributed by atoms with E-state index in [2.05, 4.69) is 50.4 Å². The third-order valence-corrected chi connectivity index (χ3v) is 14.8. The summed E-state index contributed by atoms with van der Waals surface area (Å²) in [5.41, 5.74) is 0. The number of nitrogens with zero attached hydrogens (tertiary/aromatic N) is 1. The fraction of sp³-hybridized carbons (Fsp3) is 0.871. The summed E-state index contributed by atoms with van der Waals surface area (Å²) in [5, 5.41) is 3.03. The molecule has 0 fully saturated rings. The number of esters is 1. The van der Waals surface area contributed by atoms with Crippen LogP contribution in [0.1, 0.15) is 297 Å². The van der Waals surface area contributed by atoms with E-state index < -0.39 is 26.6 Å². The van der Waals surface area contributed by atoms with Crippen molar-refractivity contribution in [1.29, 1.82) is 0 Å². The third kappa shape index (κ3) is 53.1. The molecule has 72 heavy (non-hydrogen) atoms. The molecule has 0 aliphatic carbocycles. The minimum Gasteiger partial charge on any atom is -0.756 e. The Hall–Kier alpha value is -1.77. The van der Waals surface area contributed by atoms with Gasteiger partial charge in [-0.2, -0.15) is 0 Å². The first-order valence-corrected chi connectivity index (χ1v) is 32.3. The van der Waals surface area contributed by atoms with E-state index in [1.54, 1.807) is 0 Å². The van der Waals surface area contributed by atoms with E-state index in [9.17, 15) is 19.0 Å². The lowest BCUT2D eigenvalue weighted by Crippen LogP contribution is -2.47. The van der Waals surface area contributed by atoms with Crippen molar-refractivity contribution in [1.82, 2.24) is 5.32 Å². The summed E-state index contributed by atoms with van der Waals surface area (Å²) in [6.07, 6.45) is 62.5. The predicted octanol–water partition coefficient (Wildman–Crippen LogP) is 18.1. The van der Waals surface area contributed by atoms with Gasteiger partial charge in [-0.05, 0) is 83.1 Å². The SMILES string of the molecule is CCCCCCCC/C=C/CCCCCCCCCCCC(=O)NC(COP(=O)([O-])OCC[N+](C)(C)C)C(/C=C\CCCCCCCCCCCCC)OC(=O)CCCCC/C=C\CCCCCCCCC. The standard InChI is InChI=1S/C62H119N2O7P/c1-7-10-13-16-19-22-25-28-30-31-32-33-34-36-39-42-45-48-51-54-61(65)63-59(58-70-72(67,68)69-57-56-64(4,5)6)60(53-50-47-44-41-38-35-27-24-21-18-15-12-9-3)71-62(66)55-52-49-46-43-40-37-29-26-23-20-17-14-11-8-2/h28,30,37,40,50,53,59-60H,7-27,29,31-36,38-39,41-49,51-52,54-58H2,1-6H3,(H-,63,65,67,68)/b30-28+,40-37-,53-50-. The molecule has 424 valence electrons. The monoisotopic (exact) mass is 1030 g/mol. The average Bonchev–Trinajstić information content (AvgIpc) is 3.34. The van der Waals surface area contributed by atoms with Crippen LogP contribution in [0.4, 0.5) is 0 Å². The maximum Gasteiger partial charge on any atom is 0.306 e. The Kier molecular flexibility index (Phi) is 51.4. The van der Waals surface area contributed by atoms with Gasteiger partial charge in [0, 0.05) is 12.8 Å². The maximum atomic E-state index is 13.5. The highest BCUT2D eigenvalue weighted by Crippen LogP contribution is 2.38. The highest BCUT2D eigenvalue weighted by molar-refractivity contribution is 7.45. The molecule has 0 bridgehead atoms. The van der Waals surface area contributed by atoms with Crippen molar-refractivity contribution < 1.29 is 37.3 Å². The largest absolute Gasteiger partial charge is 0.756 e. The number of rotatable bonds is 56. The van der Waals surface area contributed by atoms with Crippen LogP contribution in [0.25, 0.3) is 0 Å². The van der Waals surface area contributed by atoms with Crippen LogP contribution >= 0.6 is 7.82 Å². The normalized spacial score (nSPS) is 13.9. The second kappa shape index (κ2) is 52.7. The van der Waals surface area contributed by atoms with Gasteiger partial charge in [-0.25, -0.2) is 0 Å². The Morgan fingerprint density at radius 1 is 0.472 bits per heavy atom. The van der Waals surface area contributed by atoms with E-state index in [0.29, 0.717) is 23.9 Å². The molecule has 0 saturated carbocycles. The topological polar surface area (TPSA) is 114 Å². The average molecular weight is 1040 g/mol. The molecule has 0 aromatic carbocycles. The first kappa shape index (κ1) is 70.2. The molecular formula is C62H119N2O7P. The minimum absolute atomic E-state index is 0.0233. The van der Waals surface area contributed by atoms with Crippen LogP contribution in [0.5, 0.6) is 0 Å². The summed E-state index contributed by atoms with van der Waals surface area (Å²) in [5.74, 6) is -0.552. The summed E-state index contributed by atoms with van der Waals surface area (Å²) in [4.78, 5) is 39.9. The van der Waals surface area contributed by atoms with Crippen LogP contribution in [-0.4, -0.2) is 69.4 Å². The van der Waals surface area contributed by atoms with Gasteiger partial charge >= 0.3 is 5.97 Å². The third-order valence-electron chi connectivity index (χ3n) is 13.8. The van der Waals surface area contributed by atoms with Gasteiger partial charge in [-0.1, -0.05) is 237 Å². The number of amides is 1. The molecule has 0 spiro atoms. The molecule has 3 unspecified atom stereocenters. The van der Waals surface area contributed by atoms with E-state index in [1.165, 1.54) is 193 Å². The molecule has 0 aromatic rings. The molecule has 0 saturated heterocycles. The number of unbranched alkanes of at least 4 members (excludes halogenated alkanes) is 36. The van der Waals surface area contributed by atoms with Gasteiger partial charge in [0.2, 0.25) is 5.91 Å². The number of carbonyl (C=O) groups excluding carboxylic acids is 2. The molecular weight excluding hydrogens is 916 g/mol. The summed E-state index contributed by atoms with van der Waals surface area (Å²) >= 11 is 0. The Morgan fingerprint density at radius 2 is 0.806 bits per heavy atom. The van der Waals surface area contributed by atoms with Crippen molar-refractivity contribution in [3.8, 4) is 0 Å². The van der Waals surface area contributed by atoms with Crippen molar-refractivity contribution in [2.24, 2.45) is 0 Å². The van der Waals surface area contributed by atoms with Crippen LogP contribution in [0.2, 0.25) is 0 Å². The van der Waals surface area contributed by atoms with Crippen LogP contribution in [0, 0.1) is 0 Å². The van der Waals surface area contributed by atoms with Crippen LogP contribution in [0.3, 0.4) is 0 Å². The van der Waals surface area contributed by atoms with Gasteiger partial charge in [0.25, 0.3) is 7.82 Å². The smallest absolute Gasteiger partial charge is 0.306 e. The predicted molar refractivity (Wildman–Crippen MR) is 307 cm³/mol.